The quantitative estimate of drug-likeness (QED) is 0.494. The summed E-state index contributed by atoms with van der Waals surface area (Å²) in [5.41, 5.74) is 3.75. The number of amides is 1. The zero-order valence-electron chi connectivity index (χ0n) is 15.8. The van der Waals surface area contributed by atoms with Crippen LogP contribution in [0.2, 0.25) is 0 Å². The third-order valence-corrected chi connectivity index (χ3v) is 5.91. The highest BCUT2D eigenvalue weighted by Gasteiger charge is 2.28. The zero-order valence-corrected chi connectivity index (χ0v) is 16.6. The fourth-order valence-corrected chi connectivity index (χ4v) is 4.42. The van der Waals surface area contributed by atoms with Crippen LogP contribution in [0.1, 0.15) is 28.6 Å². The first-order chi connectivity index (χ1) is 14.2. The van der Waals surface area contributed by atoms with Crippen molar-refractivity contribution in [3.8, 4) is 11.5 Å². The molecule has 1 N–H and O–H groups in total. The molecule has 1 aromatic carbocycles. The first-order valence-corrected chi connectivity index (χ1v) is 10.3. The molecule has 4 heterocycles. The molecule has 1 aliphatic heterocycles. The van der Waals surface area contributed by atoms with Gasteiger partial charge in [-0.05, 0) is 43.2 Å². The second-order valence-corrected chi connectivity index (χ2v) is 7.89. The lowest BCUT2D eigenvalue weighted by molar-refractivity contribution is 0.102. The maximum Gasteiger partial charge on any atom is 0.261 e. The standard InChI is InChI=1S/C22H19N3O3S/c1-14-11-15-5-2-3-6-18(15)25(14)12-20-16(8-10-28-20)21(26)24-22-23-17(13-29-22)19-7-4-9-27-19/h2-10,13-14H,11-12H2,1H3,(H,23,24,26). The van der Waals surface area contributed by atoms with Crippen LogP contribution in [0.5, 0.6) is 0 Å². The molecule has 29 heavy (non-hydrogen) atoms. The monoisotopic (exact) mass is 405 g/mol. The SMILES string of the molecule is CC1Cc2ccccc2N1Cc1occc1C(=O)Nc1nc(-c2ccco2)cs1. The number of carbonyl (C=O) groups is 1. The van der Waals surface area contributed by atoms with Gasteiger partial charge in [0.25, 0.3) is 5.91 Å². The summed E-state index contributed by atoms with van der Waals surface area (Å²) in [5.74, 6) is 1.09. The number of hydrogen-bond acceptors (Lipinski definition) is 6. The summed E-state index contributed by atoms with van der Waals surface area (Å²) in [6, 6.07) is 14.1. The number of fused-ring (bicyclic) bond motifs is 1. The molecule has 0 fully saturated rings. The number of benzene rings is 1. The molecule has 0 bridgehead atoms. The summed E-state index contributed by atoms with van der Waals surface area (Å²) in [5, 5.41) is 5.25. The number of anilines is 2. The topological polar surface area (TPSA) is 71.5 Å². The molecule has 1 atom stereocenters. The molecule has 7 heteroatoms. The number of hydrogen-bond donors (Lipinski definition) is 1. The lowest BCUT2D eigenvalue weighted by atomic mass is 10.1. The van der Waals surface area contributed by atoms with Crippen molar-refractivity contribution in [2.24, 2.45) is 0 Å². The Morgan fingerprint density at radius 1 is 1.21 bits per heavy atom. The Labute approximate surface area is 171 Å². The van der Waals surface area contributed by atoms with Crippen LogP contribution in [0.25, 0.3) is 11.5 Å². The maximum atomic E-state index is 12.8. The van der Waals surface area contributed by atoms with Crippen LogP contribution >= 0.6 is 11.3 Å². The zero-order chi connectivity index (χ0) is 19.8. The largest absolute Gasteiger partial charge is 0.467 e. The van der Waals surface area contributed by atoms with Gasteiger partial charge in [0.15, 0.2) is 10.9 Å². The first-order valence-electron chi connectivity index (χ1n) is 9.40. The maximum absolute atomic E-state index is 12.8. The van der Waals surface area contributed by atoms with Crippen LogP contribution in [-0.2, 0) is 13.0 Å². The molecular weight excluding hydrogens is 386 g/mol. The lowest BCUT2D eigenvalue weighted by Gasteiger charge is -2.24. The van der Waals surface area contributed by atoms with Gasteiger partial charge < -0.3 is 13.7 Å². The van der Waals surface area contributed by atoms with Gasteiger partial charge >= 0.3 is 0 Å². The average Bonchev–Trinajstić information content (AvgIpc) is 3.50. The van der Waals surface area contributed by atoms with Crippen LogP contribution in [-0.4, -0.2) is 16.9 Å². The third kappa shape index (κ3) is 3.34. The Bertz CT molecular complexity index is 1150. The molecule has 6 nitrogen and oxygen atoms in total. The summed E-state index contributed by atoms with van der Waals surface area (Å²) >= 11 is 1.36. The highest BCUT2D eigenvalue weighted by atomic mass is 32.1. The van der Waals surface area contributed by atoms with E-state index in [-0.39, 0.29) is 5.91 Å². The molecule has 4 aromatic rings. The van der Waals surface area contributed by atoms with Gasteiger partial charge in [0.2, 0.25) is 0 Å². The molecule has 5 rings (SSSR count). The molecule has 1 amide bonds. The van der Waals surface area contributed by atoms with Crippen molar-refractivity contribution < 1.29 is 13.6 Å². The summed E-state index contributed by atoms with van der Waals surface area (Å²) < 4.78 is 11.0. The predicted octanol–water partition coefficient (Wildman–Crippen LogP) is 5.20. The van der Waals surface area contributed by atoms with Crippen LogP contribution < -0.4 is 10.2 Å². The van der Waals surface area contributed by atoms with E-state index in [0.717, 1.165) is 6.42 Å². The second kappa shape index (κ2) is 7.25. The van der Waals surface area contributed by atoms with Crippen molar-refractivity contribution in [1.29, 1.82) is 0 Å². The van der Waals surface area contributed by atoms with E-state index in [1.165, 1.54) is 22.6 Å². The molecular formula is C22H19N3O3S. The van der Waals surface area contributed by atoms with Crippen LogP contribution in [0.15, 0.2) is 69.2 Å². The highest BCUT2D eigenvalue weighted by molar-refractivity contribution is 7.14. The molecule has 0 aliphatic carbocycles. The number of para-hydroxylation sites is 1. The number of carbonyl (C=O) groups excluding carboxylic acids is 1. The number of nitrogens with zero attached hydrogens (tertiary/aromatic N) is 2. The molecule has 0 spiro atoms. The highest BCUT2D eigenvalue weighted by Crippen LogP contribution is 2.34. The smallest absolute Gasteiger partial charge is 0.261 e. The van der Waals surface area contributed by atoms with Gasteiger partial charge in [-0.2, -0.15) is 0 Å². The molecule has 0 saturated carbocycles. The number of rotatable bonds is 5. The Morgan fingerprint density at radius 3 is 2.97 bits per heavy atom. The van der Waals surface area contributed by atoms with Gasteiger partial charge in [0.05, 0.1) is 24.6 Å². The summed E-state index contributed by atoms with van der Waals surface area (Å²) in [7, 11) is 0. The van der Waals surface area contributed by atoms with Crippen LogP contribution in [0, 0.1) is 0 Å². The Hall–Kier alpha value is -3.32. The van der Waals surface area contributed by atoms with Gasteiger partial charge in [-0.25, -0.2) is 4.98 Å². The van der Waals surface area contributed by atoms with Crippen molar-refractivity contribution in [1.82, 2.24) is 4.98 Å². The van der Waals surface area contributed by atoms with Crippen molar-refractivity contribution >= 4 is 28.1 Å². The third-order valence-electron chi connectivity index (χ3n) is 5.15. The molecule has 146 valence electrons. The van der Waals surface area contributed by atoms with E-state index in [2.05, 4.69) is 40.3 Å². The van der Waals surface area contributed by atoms with E-state index >= 15 is 0 Å². The molecule has 0 saturated heterocycles. The van der Waals surface area contributed by atoms with Gasteiger partial charge in [-0.3, -0.25) is 10.1 Å². The first kappa shape index (κ1) is 17.8. The summed E-state index contributed by atoms with van der Waals surface area (Å²) in [6.45, 7) is 2.73. The molecule has 1 aliphatic rings. The van der Waals surface area contributed by atoms with Gasteiger partial charge in [0.1, 0.15) is 11.5 Å². The van der Waals surface area contributed by atoms with Gasteiger partial charge in [-0.1, -0.05) is 18.2 Å². The fraction of sp³-hybridized carbons (Fsp3) is 0.182. The molecule has 3 aromatic heterocycles. The summed E-state index contributed by atoms with van der Waals surface area (Å²) in [6.07, 6.45) is 4.16. The second-order valence-electron chi connectivity index (χ2n) is 7.04. The Kier molecular flexibility index (Phi) is 4.44. The van der Waals surface area contributed by atoms with E-state index in [9.17, 15) is 4.79 Å². The van der Waals surface area contributed by atoms with Crippen molar-refractivity contribution in [3.63, 3.8) is 0 Å². The van der Waals surface area contributed by atoms with Gasteiger partial charge in [0, 0.05) is 17.1 Å². The Morgan fingerprint density at radius 2 is 2.10 bits per heavy atom. The van der Waals surface area contributed by atoms with E-state index in [1.807, 2.05) is 23.6 Å². The predicted molar refractivity (Wildman–Crippen MR) is 112 cm³/mol. The number of aromatic nitrogens is 1. The lowest BCUT2D eigenvalue weighted by Crippen LogP contribution is -2.29. The average molecular weight is 405 g/mol. The van der Waals surface area contributed by atoms with Crippen molar-refractivity contribution in [3.05, 3.63) is 77.3 Å². The minimum atomic E-state index is -0.228. The van der Waals surface area contributed by atoms with Gasteiger partial charge in [-0.15, -0.1) is 11.3 Å². The summed E-state index contributed by atoms with van der Waals surface area (Å²) in [4.78, 5) is 19.6. The number of nitrogens with one attached hydrogen (secondary N) is 1. The number of furan rings is 2. The van der Waals surface area contributed by atoms with E-state index in [0.29, 0.717) is 40.5 Å². The van der Waals surface area contributed by atoms with E-state index in [1.54, 1.807) is 18.6 Å². The fourth-order valence-electron chi connectivity index (χ4n) is 3.72. The minimum Gasteiger partial charge on any atom is -0.467 e. The van der Waals surface area contributed by atoms with Crippen molar-refractivity contribution in [2.45, 2.75) is 25.9 Å². The van der Waals surface area contributed by atoms with Crippen LogP contribution in [0.4, 0.5) is 10.8 Å². The molecule has 1 unspecified atom stereocenters. The number of thiazole rings is 1. The normalized spacial score (nSPS) is 15.5. The Balaban J connectivity index is 1.33. The van der Waals surface area contributed by atoms with E-state index in [4.69, 9.17) is 8.83 Å². The minimum absolute atomic E-state index is 0.228. The van der Waals surface area contributed by atoms with Crippen molar-refractivity contribution in [2.75, 3.05) is 10.2 Å². The molecule has 0 radical (unpaired) electrons. The van der Waals surface area contributed by atoms with E-state index < -0.39 is 0 Å². The van der Waals surface area contributed by atoms with Crippen LogP contribution in [0.3, 0.4) is 0 Å².